The lowest BCUT2D eigenvalue weighted by Crippen LogP contribution is -2.41. The molecule has 0 saturated carbocycles. The van der Waals surface area contributed by atoms with Gasteiger partial charge in [0.05, 0.1) is 6.61 Å². The Balaban J connectivity index is 3.02. The largest absolute Gasteiger partial charge is 0.406 e. The summed E-state index contributed by atoms with van der Waals surface area (Å²) < 4.78 is 37.2. The zero-order chi connectivity index (χ0) is 14.6. The maximum absolute atomic E-state index is 12.4. The van der Waals surface area contributed by atoms with Crippen molar-refractivity contribution in [1.82, 2.24) is 4.90 Å². The lowest BCUT2D eigenvalue weighted by atomic mass is 10.1. The van der Waals surface area contributed by atoms with Crippen molar-refractivity contribution in [1.29, 1.82) is 0 Å². The molecule has 7 heteroatoms. The molecule has 19 heavy (non-hydrogen) atoms. The van der Waals surface area contributed by atoms with Crippen LogP contribution in [0.5, 0.6) is 0 Å². The predicted molar refractivity (Wildman–Crippen MR) is 64.6 cm³/mol. The topological polar surface area (TPSA) is 66.6 Å². The van der Waals surface area contributed by atoms with E-state index in [4.69, 9.17) is 10.8 Å². The van der Waals surface area contributed by atoms with Crippen LogP contribution in [0.3, 0.4) is 0 Å². The second-order valence-electron chi connectivity index (χ2n) is 4.09. The number of amides is 1. The number of hydrogen-bond acceptors (Lipinski definition) is 3. The minimum Gasteiger partial charge on any atom is -0.398 e. The quantitative estimate of drug-likeness (QED) is 0.820. The first-order valence-corrected chi connectivity index (χ1v) is 5.58. The third-order valence-corrected chi connectivity index (χ3v) is 2.63. The van der Waals surface area contributed by atoms with E-state index in [1.54, 1.807) is 13.0 Å². The Bertz CT molecular complexity index is 461. The summed E-state index contributed by atoms with van der Waals surface area (Å²) in [7, 11) is 0. The molecular weight excluding hydrogens is 261 g/mol. The van der Waals surface area contributed by atoms with Crippen molar-refractivity contribution in [2.75, 3.05) is 25.4 Å². The summed E-state index contributed by atoms with van der Waals surface area (Å²) in [6.07, 6.45) is -4.51. The highest BCUT2D eigenvalue weighted by atomic mass is 19.4. The van der Waals surface area contributed by atoms with E-state index in [9.17, 15) is 18.0 Å². The zero-order valence-corrected chi connectivity index (χ0v) is 10.4. The minimum atomic E-state index is -4.51. The predicted octanol–water partition coefficient (Wildman–Crippen LogP) is 1.57. The molecule has 0 fully saturated rings. The van der Waals surface area contributed by atoms with Gasteiger partial charge >= 0.3 is 6.18 Å². The average molecular weight is 276 g/mol. The van der Waals surface area contributed by atoms with Gasteiger partial charge in [0.2, 0.25) is 0 Å². The Morgan fingerprint density at radius 2 is 2.05 bits per heavy atom. The van der Waals surface area contributed by atoms with Crippen LogP contribution in [-0.2, 0) is 0 Å². The SMILES string of the molecule is Cc1c(N)cccc1C(=O)N(CCO)CC(F)(F)F. The van der Waals surface area contributed by atoms with Gasteiger partial charge in [0.25, 0.3) is 5.91 Å². The van der Waals surface area contributed by atoms with Crippen LogP contribution < -0.4 is 5.73 Å². The summed E-state index contributed by atoms with van der Waals surface area (Å²) in [5, 5.41) is 8.77. The monoisotopic (exact) mass is 276 g/mol. The Hall–Kier alpha value is -1.76. The first-order valence-electron chi connectivity index (χ1n) is 5.58. The van der Waals surface area contributed by atoms with Gasteiger partial charge in [0.15, 0.2) is 0 Å². The highest BCUT2D eigenvalue weighted by Gasteiger charge is 2.33. The van der Waals surface area contributed by atoms with E-state index in [0.717, 1.165) is 0 Å². The first kappa shape index (κ1) is 15.3. The van der Waals surface area contributed by atoms with Gasteiger partial charge in [0, 0.05) is 17.8 Å². The van der Waals surface area contributed by atoms with Crippen LogP contribution in [0.4, 0.5) is 18.9 Å². The molecule has 0 aliphatic heterocycles. The molecule has 1 aromatic rings. The fraction of sp³-hybridized carbons (Fsp3) is 0.417. The first-order chi connectivity index (χ1) is 8.76. The highest BCUT2D eigenvalue weighted by Crippen LogP contribution is 2.21. The maximum Gasteiger partial charge on any atom is 0.406 e. The number of nitrogens with two attached hydrogens (primary N) is 1. The zero-order valence-electron chi connectivity index (χ0n) is 10.4. The maximum atomic E-state index is 12.4. The van der Waals surface area contributed by atoms with Crippen LogP contribution in [0.2, 0.25) is 0 Å². The van der Waals surface area contributed by atoms with E-state index >= 15 is 0 Å². The van der Waals surface area contributed by atoms with Gasteiger partial charge in [-0.15, -0.1) is 0 Å². The summed E-state index contributed by atoms with van der Waals surface area (Å²) in [6, 6.07) is 4.47. The van der Waals surface area contributed by atoms with Gasteiger partial charge in [0.1, 0.15) is 6.54 Å². The number of aliphatic hydroxyl groups is 1. The third-order valence-electron chi connectivity index (χ3n) is 2.63. The number of carbonyl (C=O) groups is 1. The molecule has 1 rings (SSSR count). The molecule has 0 aliphatic carbocycles. The van der Waals surface area contributed by atoms with Crippen molar-refractivity contribution in [2.24, 2.45) is 0 Å². The third kappa shape index (κ3) is 4.13. The van der Waals surface area contributed by atoms with Gasteiger partial charge < -0.3 is 15.7 Å². The van der Waals surface area contributed by atoms with Crippen LogP contribution in [0.25, 0.3) is 0 Å². The molecule has 0 heterocycles. The van der Waals surface area contributed by atoms with E-state index in [0.29, 0.717) is 16.2 Å². The summed E-state index contributed by atoms with van der Waals surface area (Å²) in [6.45, 7) is -0.760. The molecule has 3 N–H and O–H groups in total. The molecule has 0 radical (unpaired) electrons. The van der Waals surface area contributed by atoms with Crippen LogP contribution in [-0.4, -0.2) is 41.8 Å². The summed E-state index contributed by atoms with van der Waals surface area (Å²) in [4.78, 5) is 12.6. The highest BCUT2D eigenvalue weighted by molar-refractivity contribution is 5.96. The lowest BCUT2D eigenvalue weighted by molar-refractivity contribution is -0.141. The van der Waals surface area contributed by atoms with Crippen molar-refractivity contribution in [3.8, 4) is 0 Å². The number of nitrogens with zero attached hydrogens (tertiary/aromatic N) is 1. The van der Waals surface area contributed by atoms with Crippen LogP contribution in [0, 0.1) is 6.92 Å². The molecule has 0 spiro atoms. The molecule has 0 aromatic heterocycles. The Labute approximate surface area is 108 Å². The normalized spacial score (nSPS) is 11.4. The van der Waals surface area contributed by atoms with Crippen molar-refractivity contribution in [3.05, 3.63) is 29.3 Å². The molecule has 0 unspecified atom stereocenters. The average Bonchev–Trinajstić information content (AvgIpc) is 2.30. The minimum absolute atomic E-state index is 0.109. The fourth-order valence-electron chi connectivity index (χ4n) is 1.65. The van der Waals surface area contributed by atoms with Crippen molar-refractivity contribution in [2.45, 2.75) is 13.1 Å². The number of alkyl halides is 3. The molecule has 0 saturated heterocycles. The van der Waals surface area contributed by atoms with Crippen LogP contribution in [0.15, 0.2) is 18.2 Å². The second kappa shape index (κ2) is 5.92. The molecule has 0 aliphatic rings. The number of aliphatic hydroxyl groups excluding tert-OH is 1. The van der Waals surface area contributed by atoms with Crippen LogP contribution in [0.1, 0.15) is 15.9 Å². The second-order valence-corrected chi connectivity index (χ2v) is 4.09. The van der Waals surface area contributed by atoms with Gasteiger partial charge in [-0.2, -0.15) is 13.2 Å². The Morgan fingerprint density at radius 1 is 1.42 bits per heavy atom. The number of anilines is 1. The van der Waals surface area contributed by atoms with E-state index in [2.05, 4.69) is 0 Å². The van der Waals surface area contributed by atoms with Gasteiger partial charge in [-0.25, -0.2) is 0 Å². The lowest BCUT2D eigenvalue weighted by Gasteiger charge is -2.24. The smallest absolute Gasteiger partial charge is 0.398 e. The number of benzene rings is 1. The van der Waals surface area contributed by atoms with Gasteiger partial charge in [-0.3, -0.25) is 4.79 Å². The number of hydrogen-bond donors (Lipinski definition) is 2. The van der Waals surface area contributed by atoms with E-state index < -0.39 is 25.2 Å². The van der Waals surface area contributed by atoms with E-state index in [1.165, 1.54) is 12.1 Å². The molecule has 0 bridgehead atoms. The van der Waals surface area contributed by atoms with Crippen LogP contribution >= 0.6 is 0 Å². The molecular formula is C12H15F3N2O2. The summed E-state index contributed by atoms with van der Waals surface area (Å²) in [5.74, 6) is -0.795. The molecule has 4 nitrogen and oxygen atoms in total. The standard InChI is InChI=1S/C12H15F3N2O2/c1-8-9(3-2-4-10(8)16)11(19)17(5-6-18)7-12(13,14)15/h2-4,18H,5-7,16H2,1H3. The van der Waals surface area contributed by atoms with E-state index in [-0.39, 0.29) is 12.1 Å². The summed E-state index contributed by atoms with van der Waals surface area (Å²) >= 11 is 0. The van der Waals surface area contributed by atoms with Gasteiger partial charge in [-0.05, 0) is 24.6 Å². The number of carbonyl (C=O) groups excluding carboxylic acids is 1. The fourth-order valence-corrected chi connectivity index (χ4v) is 1.65. The molecule has 106 valence electrons. The van der Waals surface area contributed by atoms with Gasteiger partial charge in [-0.1, -0.05) is 6.07 Å². The number of halogens is 3. The van der Waals surface area contributed by atoms with E-state index in [1.807, 2.05) is 0 Å². The number of rotatable bonds is 4. The molecule has 1 aromatic carbocycles. The Kier molecular flexibility index (Phi) is 4.77. The number of nitrogen functional groups attached to an aromatic ring is 1. The van der Waals surface area contributed by atoms with Crippen molar-refractivity contribution in [3.63, 3.8) is 0 Å². The van der Waals surface area contributed by atoms with Crippen molar-refractivity contribution < 1.29 is 23.1 Å². The Morgan fingerprint density at radius 3 is 2.58 bits per heavy atom. The summed E-state index contributed by atoms with van der Waals surface area (Å²) in [5.41, 5.74) is 6.49. The molecule has 0 atom stereocenters. The van der Waals surface area contributed by atoms with Crippen molar-refractivity contribution >= 4 is 11.6 Å². The molecule has 1 amide bonds.